The van der Waals surface area contributed by atoms with E-state index in [2.05, 4.69) is 31.7 Å². The van der Waals surface area contributed by atoms with Crippen molar-refractivity contribution in [2.24, 2.45) is 7.05 Å². The molecule has 2 N–H and O–H groups in total. The Morgan fingerprint density at radius 2 is 2.13 bits per heavy atom. The van der Waals surface area contributed by atoms with Gasteiger partial charge in [0.2, 0.25) is 5.91 Å². The van der Waals surface area contributed by atoms with Crippen molar-refractivity contribution in [3.63, 3.8) is 0 Å². The van der Waals surface area contributed by atoms with Crippen molar-refractivity contribution in [1.29, 1.82) is 0 Å². The van der Waals surface area contributed by atoms with Crippen LogP contribution in [-0.2, 0) is 11.8 Å². The lowest BCUT2D eigenvalue weighted by Crippen LogP contribution is -2.37. The number of ether oxygens (including phenoxy) is 1. The van der Waals surface area contributed by atoms with Gasteiger partial charge in [0.15, 0.2) is 0 Å². The van der Waals surface area contributed by atoms with Crippen molar-refractivity contribution < 1.29 is 9.53 Å². The smallest absolute Gasteiger partial charge is 0.242 e. The number of amides is 1. The molecule has 1 aromatic heterocycles. The summed E-state index contributed by atoms with van der Waals surface area (Å²) in [5.41, 5.74) is 1.82. The minimum atomic E-state index is -0.437. The Hall–Kier alpha value is -1.86. The second-order valence-electron chi connectivity index (χ2n) is 5.29. The highest BCUT2D eigenvalue weighted by Crippen LogP contribution is 2.28. The zero-order chi connectivity index (χ0) is 17.0. The van der Waals surface area contributed by atoms with E-state index in [1.807, 2.05) is 38.4 Å². The van der Waals surface area contributed by atoms with Gasteiger partial charge in [0.1, 0.15) is 11.8 Å². The average Bonchev–Trinajstić information content (AvgIpc) is 2.94. The van der Waals surface area contributed by atoms with Crippen molar-refractivity contribution in [2.75, 3.05) is 14.2 Å². The van der Waals surface area contributed by atoms with Gasteiger partial charge < -0.3 is 15.4 Å². The molecule has 0 aliphatic rings. The molecule has 0 aliphatic heterocycles. The number of benzene rings is 1. The fraction of sp³-hybridized carbons (Fsp3) is 0.375. The molecule has 7 heteroatoms. The molecule has 0 fully saturated rings. The predicted octanol–water partition coefficient (Wildman–Crippen LogP) is 2.33. The maximum Gasteiger partial charge on any atom is 0.242 e. The van der Waals surface area contributed by atoms with Gasteiger partial charge in [-0.15, -0.1) is 0 Å². The average molecular weight is 381 g/mol. The molecular formula is C16H21BrN4O2. The molecule has 0 spiro atoms. The topological polar surface area (TPSA) is 68.2 Å². The molecule has 2 atom stereocenters. The number of methoxy groups -OCH3 is 1. The first-order chi connectivity index (χ1) is 11.0. The summed E-state index contributed by atoms with van der Waals surface area (Å²) < 4.78 is 7.76. The highest BCUT2D eigenvalue weighted by Gasteiger charge is 2.22. The maximum atomic E-state index is 12.5. The lowest BCUT2D eigenvalue weighted by Gasteiger charge is -2.20. The van der Waals surface area contributed by atoms with E-state index >= 15 is 0 Å². The van der Waals surface area contributed by atoms with Gasteiger partial charge in [-0.1, -0.05) is 6.07 Å². The molecule has 2 rings (SSSR count). The summed E-state index contributed by atoms with van der Waals surface area (Å²) in [6, 6.07) is 5.19. The number of likely N-dealkylation sites (N-methyl/N-ethyl adjacent to an activating group) is 1. The third-order valence-electron chi connectivity index (χ3n) is 3.64. The van der Waals surface area contributed by atoms with E-state index in [0.29, 0.717) is 0 Å². The van der Waals surface area contributed by atoms with Crippen LogP contribution in [0.15, 0.2) is 35.1 Å². The normalized spacial score (nSPS) is 13.4. The fourth-order valence-corrected chi connectivity index (χ4v) is 2.93. The zero-order valence-corrected chi connectivity index (χ0v) is 15.2. The molecule has 0 radical (unpaired) electrons. The molecule has 124 valence electrons. The Bertz CT molecular complexity index is 686. The maximum absolute atomic E-state index is 12.5. The molecule has 23 heavy (non-hydrogen) atoms. The van der Waals surface area contributed by atoms with Gasteiger partial charge in [-0.25, -0.2) is 0 Å². The van der Waals surface area contributed by atoms with Crippen LogP contribution in [0.25, 0.3) is 0 Å². The standard InChI is InChI=1S/C16H21BrN4O2/c1-10(11-5-6-14(23-4)13(17)7-11)20-16(22)15(18-2)12-8-19-21(3)9-12/h5-10,15,18H,1-4H3,(H,20,22). The summed E-state index contributed by atoms with van der Waals surface area (Å²) in [6.45, 7) is 1.95. The lowest BCUT2D eigenvalue weighted by atomic mass is 10.1. The summed E-state index contributed by atoms with van der Waals surface area (Å²) in [5, 5.41) is 10.2. The van der Waals surface area contributed by atoms with Crippen molar-refractivity contribution in [2.45, 2.75) is 19.0 Å². The molecule has 1 heterocycles. The zero-order valence-electron chi connectivity index (χ0n) is 13.6. The van der Waals surface area contributed by atoms with E-state index < -0.39 is 6.04 Å². The van der Waals surface area contributed by atoms with E-state index in [-0.39, 0.29) is 11.9 Å². The Balaban J connectivity index is 2.10. The van der Waals surface area contributed by atoms with Crippen LogP contribution in [0, 0.1) is 0 Å². The lowest BCUT2D eigenvalue weighted by molar-refractivity contribution is -0.123. The fourth-order valence-electron chi connectivity index (χ4n) is 2.37. The summed E-state index contributed by atoms with van der Waals surface area (Å²) in [4.78, 5) is 12.5. The SMILES string of the molecule is CNC(C(=O)NC(C)c1ccc(OC)c(Br)c1)c1cnn(C)c1. The number of rotatable bonds is 6. The van der Waals surface area contributed by atoms with Crippen molar-refractivity contribution >= 4 is 21.8 Å². The van der Waals surface area contributed by atoms with Gasteiger partial charge in [0.05, 0.1) is 23.8 Å². The number of aromatic nitrogens is 2. The van der Waals surface area contributed by atoms with Crippen LogP contribution >= 0.6 is 15.9 Å². The molecule has 0 saturated heterocycles. The predicted molar refractivity (Wildman–Crippen MR) is 92.3 cm³/mol. The van der Waals surface area contributed by atoms with Crippen LogP contribution in [0.1, 0.15) is 30.1 Å². The Labute approximate surface area is 144 Å². The Morgan fingerprint density at radius 1 is 1.39 bits per heavy atom. The van der Waals surface area contributed by atoms with Crippen LogP contribution in [0.4, 0.5) is 0 Å². The third-order valence-corrected chi connectivity index (χ3v) is 4.26. The van der Waals surface area contributed by atoms with E-state index in [1.165, 1.54) is 0 Å². The minimum Gasteiger partial charge on any atom is -0.496 e. The highest BCUT2D eigenvalue weighted by atomic mass is 79.9. The van der Waals surface area contributed by atoms with Crippen LogP contribution in [-0.4, -0.2) is 29.8 Å². The number of carbonyl (C=O) groups is 1. The number of hydrogen-bond donors (Lipinski definition) is 2. The first kappa shape index (κ1) is 17.5. The van der Waals surface area contributed by atoms with Crippen LogP contribution in [0.2, 0.25) is 0 Å². The number of nitrogens with one attached hydrogen (secondary N) is 2. The molecular weight excluding hydrogens is 360 g/mol. The minimum absolute atomic E-state index is 0.0973. The largest absolute Gasteiger partial charge is 0.496 e. The summed E-state index contributed by atoms with van der Waals surface area (Å²) in [7, 11) is 5.20. The second kappa shape index (κ2) is 7.61. The summed E-state index contributed by atoms with van der Waals surface area (Å²) in [5.74, 6) is 0.663. The number of hydrogen-bond acceptors (Lipinski definition) is 4. The van der Waals surface area contributed by atoms with E-state index in [0.717, 1.165) is 21.3 Å². The second-order valence-corrected chi connectivity index (χ2v) is 6.15. The molecule has 1 aromatic carbocycles. The van der Waals surface area contributed by atoms with Gasteiger partial charge in [-0.05, 0) is 47.6 Å². The molecule has 2 aromatic rings. The van der Waals surface area contributed by atoms with Gasteiger partial charge in [0.25, 0.3) is 0 Å². The van der Waals surface area contributed by atoms with Crippen LogP contribution in [0.5, 0.6) is 5.75 Å². The third kappa shape index (κ3) is 4.11. The Kier molecular flexibility index (Phi) is 5.79. The van der Waals surface area contributed by atoms with Crippen molar-refractivity contribution in [3.8, 4) is 5.75 Å². The number of nitrogens with zero attached hydrogens (tertiary/aromatic N) is 2. The first-order valence-electron chi connectivity index (χ1n) is 7.26. The Morgan fingerprint density at radius 3 is 2.65 bits per heavy atom. The van der Waals surface area contributed by atoms with Gasteiger partial charge in [0, 0.05) is 18.8 Å². The summed E-state index contributed by atoms with van der Waals surface area (Å²) in [6.07, 6.45) is 3.52. The van der Waals surface area contributed by atoms with E-state index in [4.69, 9.17) is 4.74 Å². The van der Waals surface area contributed by atoms with E-state index in [1.54, 1.807) is 25.0 Å². The molecule has 0 bridgehead atoms. The summed E-state index contributed by atoms with van der Waals surface area (Å²) >= 11 is 3.46. The monoisotopic (exact) mass is 380 g/mol. The molecule has 0 saturated carbocycles. The molecule has 6 nitrogen and oxygen atoms in total. The van der Waals surface area contributed by atoms with Crippen LogP contribution < -0.4 is 15.4 Å². The first-order valence-corrected chi connectivity index (χ1v) is 8.05. The number of carbonyl (C=O) groups excluding carboxylic acids is 1. The highest BCUT2D eigenvalue weighted by molar-refractivity contribution is 9.10. The van der Waals surface area contributed by atoms with Gasteiger partial charge >= 0.3 is 0 Å². The van der Waals surface area contributed by atoms with Gasteiger partial charge in [-0.2, -0.15) is 5.10 Å². The number of halogens is 1. The number of aryl methyl sites for hydroxylation is 1. The molecule has 0 aliphatic carbocycles. The van der Waals surface area contributed by atoms with E-state index in [9.17, 15) is 4.79 Å². The quantitative estimate of drug-likeness (QED) is 0.806. The molecule has 1 amide bonds. The van der Waals surface area contributed by atoms with Crippen molar-refractivity contribution in [1.82, 2.24) is 20.4 Å². The van der Waals surface area contributed by atoms with Crippen molar-refractivity contribution in [3.05, 3.63) is 46.2 Å². The van der Waals surface area contributed by atoms with Gasteiger partial charge in [-0.3, -0.25) is 9.48 Å². The van der Waals surface area contributed by atoms with Crippen LogP contribution in [0.3, 0.4) is 0 Å². The molecule has 2 unspecified atom stereocenters.